The monoisotopic (exact) mass is 187 g/mol. The van der Waals surface area contributed by atoms with Crippen LogP contribution in [-0.2, 0) is 0 Å². The predicted octanol–water partition coefficient (Wildman–Crippen LogP) is 2.16. The molecule has 2 N–H and O–H groups in total. The topological polar surface area (TPSA) is 58.6 Å². The Kier molecular flexibility index (Phi) is 2.54. The zero-order valence-electron chi connectivity index (χ0n) is 6.75. The molecule has 0 unspecified atom stereocenters. The lowest BCUT2D eigenvalue weighted by molar-refractivity contribution is 0.146. The normalized spacial score (nSPS) is 9.50. The molecular weight excluding hydrogens is 178 g/mol. The van der Waals surface area contributed by atoms with Gasteiger partial charge in [-0.1, -0.05) is 0 Å². The molecule has 5 heteroatoms. The van der Waals surface area contributed by atoms with Crippen LogP contribution in [0.5, 0.6) is 5.06 Å². The first-order chi connectivity index (χ1) is 5.65. The molecule has 4 nitrogen and oxygen atoms in total. The van der Waals surface area contributed by atoms with Crippen molar-refractivity contribution < 1.29 is 14.6 Å². The van der Waals surface area contributed by atoms with Crippen LogP contribution in [0.3, 0.4) is 0 Å². The van der Waals surface area contributed by atoms with E-state index in [0.29, 0.717) is 5.06 Å². The lowest BCUT2D eigenvalue weighted by atomic mass is 10.3. The number of hydrogen-bond acceptors (Lipinski definition) is 4. The second-order valence-corrected chi connectivity index (χ2v) is 3.04. The van der Waals surface area contributed by atoms with Gasteiger partial charge in [0.1, 0.15) is 0 Å². The molecule has 0 aliphatic carbocycles. The highest BCUT2D eigenvalue weighted by Crippen LogP contribution is 2.34. The molecule has 12 heavy (non-hydrogen) atoms. The summed E-state index contributed by atoms with van der Waals surface area (Å²) in [6.07, 6.45) is -1.28. The summed E-state index contributed by atoms with van der Waals surface area (Å²) in [4.78, 5) is 10.2. The molecule has 0 spiro atoms. The van der Waals surface area contributed by atoms with Crippen molar-refractivity contribution in [1.82, 2.24) is 0 Å². The Balaban J connectivity index is 2.91. The zero-order chi connectivity index (χ0) is 9.14. The summed E-state index contributed by atoms with van der Waals surface area (Å²) in [5.41, 5.74) is 1.72. The Morgan fingerprint density at radius 2 is 2.42 bits per heavy atom. The number of carbonyl (C=O) groups is 1. The first-order valence-electron chi connectivity index (χ1n) is 3.31. The van der Waals surface area contributed by atoms with Crippen molar-refractivity contribution in [2.24, 2.45) is 0 Å². The number of thiophene rings is 1. The van der Waals surface area contributed by atoms with Crippen LogP contribution < -0.4 is 10.1 Å². The Hall–Kier alpha value is -1.23. The van der Waals surface area contributed by atoms with E-state index in [0.717, 1.165) is 11.3 Å². The van der Waals surface area contributed by atoms with E-state index in [9.17, 15) is 4.79 Å². The van der Waals surface area contributed by atoms with Gasteiger partial charge in [0.2, 0.25) is 5.06 Å². The van der Waals surface area contributed by atoms with Crippen LogP contribution in [0.25, 0.3) is 0 Å². The van der Waals surface area contributed by atoms with E-state index in [1.54, 1.807) is 7.05 Å². The molecule has 0 fully saturated rings. The molecule has 1 aromatic heterocycles. The lowest BCUT2D eigenvalue weighted by Crippen LogP contribution is -2.03. The Morgan fingerprint density at radius 1 is 1.75 bits per heavy atom. The summed E-state index contributed by atoms with van der Waals surface area (Å²) in [7, 11) is 1.73. The molecule has 1 aromatic rings. The van der Waals surface area contributed by atoms with E-state index >= 15 is 0 Å². The first-order valence-corrected chi connectivity index (χ1v) is 4.19. The second kappa shape index (κ2) is 3.44. The van der Waals surface area contributed by atoms with Crippen LogP contribution in [0.15, 0.2) is 5.38 Å². The Labute approximate surface area is 73.8 Å². The minimum atomic E-state index is -1.28. The van der Waals surface area contributed by atoms with Gasteiger partial charge in [-0.3, -0.25) is 0 Å². The van der Waals surface area contributed by atoms with E-state index in [-0.39, 0.29) is 0 Å². The number of carboxylic acid groups (broad SMARTS) is 1. The summed E-state index contributed by atoms with van der Waals surface area (Å²) in [5.74, 6) is 0. The molecule has 0 atom stereocenters. The summed E-state index contributed by atoms with van der Waals surface area (Å²) >= 11 is 1.26. The van der Waals surface area contributed by atoms with Gasteiger partial charge < -0.3 is 15.2 Å². The maximum Gasteiger partial charge on any atom is 0.512 e. The third-order valence-electron chi connectivity index (χ3n) is 1.37. The molecule has 0 saturated carbocycles. The fraction of sp³-hybridized carbons (Fsp3) is 0.286. The molecule has 0 aromatic carbocycles. The summed E-state index contributed by atoms with van der Waals surface area (Å²) in [6.45, 7) is 1.89. The van der Waals surface area contributed by atoms with Gasteiger partial charge in [0.15, 0.2) is 0 Å². The van der Waals surface area contributed by atoms with Gasteiger partial charge in [-0.05, 0) is 17.9 Å². The third-order valence-corrected chi connectivity index (χ3v) is 2.34. The van der Waals surface area contributed by atoms with Gasteiger partial charge in [-0.25, -0.2) is 4.79 Å². The standard InChI is InChI=1S/C7H9NO3S/c1-4-3-12-6(5(4)8-2)11-7(9)10/h3,8H,1-2H3,(H,9,10). The average molecular weight is 187 g/mol. The number of hydrogen-bond donors (Lipinski definition) is 2. The van der Waals surface area contributed by atoms with Crippen molar-refractivity contribution in [3.8, 4) is 5.06 Å². The van der Waals surface area contributed by atoms with Crippen molar-refractivity contribution in [2.75, 3.05) is 12.4 Å². The van der Waals surface area contributed by atoms with Crippen LogP contribution in [0.4, 0.5) is 10.5 Å². The molecular formula is C7H9NO3S. The van der Waals surface area contributed by atoms with E-state index in [1.807, 2.05) is 12.3 Å². The second-order valence-electron chi connectivity index (χ2n) is 2.20. The highest BCUT2D eigenvalue weighted by atomic mass is 32.1. The first kappa shape index (κ1) is 8.86. The third kappa shape index (κ3) is 1.68. The quantitative estimate of drug-likeness (QED) is 0.696. The highest BCUT2D eigenvalue weighted by Gasteiger charge is 2.10. The fourth-order valence-corrected chi connectivity index (χ4v) is 1.78. The van der Waals surface area contributed by atoms with Crippen LogP contribution in [-0.4, -0.2) is 18.3 Å². The summed E-state index contributed by atoms with van der Waals surface area (Å²) in [6, 6.07) is 0. The van der Waals surface area contributed by atoms with E-state index in [4.69, 9.17) is 5.11 Å². The van der Waals surface area contributed by atoms with Crippen molar-refractivity contribution in [1.29, 1.82) is 0 Å². The van der Waals surface area contributed by atoms with Crippen LogP contribution in [0, 0.1) is 6.92 Å². The SMILES string of the molecule is CNc1c(C)csc1OC(=O)O. The van der Waals surface area contributed by atoms with Gasteiger partial charge in [0, 0.05) is 7.05 Å². The zero-order valence-corrected chi connectivity index (χ0v) is 7.57. The van der Waals surface area contributed by atoms with E-state index in [2.05, 4.69) is 10.1 Å². The summed E-state index contributed by atoms with van der Waals surface area (Å²) < 4.78 is 4.53. The number of rotatable bonds is 2. The molecule has 0 bridgehead atoms. The van der Waals surface area contributed by atoms with Crippen molar-refractivity contribution in [2.45, 2.75) is 6.92 Å². The molecule has 0 aliphatic rings. The van der Waals surface area contributed by atoms with E-state index in [1.165, 1.54) is 11.3 Å². The van der Waals surface area contributed by atoms with Crippen molar-refractivity contribution in [3.05, 3.63) is 10.9 Å². The minimum Gasteiger partial charge on any atom is -0.449 e. The van der Waals surface area contributed by atoms with Crippen molar-refractivity contribution in [3.63, 3.8) is 0 Å². The molecule has 0 amide bonds. The maximum atomic E-state index is 10.2. The largest absolute Gasteiger partial charge is 0.512 e. The molecule has 1 rings (SSSR count). The predicted molar refractivity (Wildman–Crippen MR) is 47.3 cm³/mol. The minimum absolute atomic E-state index is 0.391. The average Bonchev–Trinajstić information content (AvgIpc) is 2.30. The van der Waals surface area contributed by atoms with Gasteiger partial charge in [0.05, 0.1) is 5.69 Å². The van der Waals surface area contributed by atoms with Gasteiger partial charge in [-0.2, -0.15) is 0 Å². The van der Waals surface area contributed by atoms with E-state index < -0.39 is 6.16 Å². The number of anilines is 1. The number of ether oxygens (including phenoxy) is 1. The molecule has 1 heterocycles. The molecule has 66 valence electrons. The fourth-order valence-electron chi connectivity index (χ4n) is 0.874. The van der Waals surface area contributed by atoms with Crippen LogP contribution in [0.2, 0.25) is 0 Å². The smallest absolute Gasteiger partial charge is 0.449 e. The van der Waals surface area contributed by atoms with Crippen molar-refractivity contribution >= 4 is 23.2 Å². The highest BCUT2D eigenvalue weighted by molar-refractivity contribution is 7.12. The van der Waals surface area contributed by atoms with Gasteiger partial charge in [0.25, 0.3) is 0 Å². The molecule has 0 radical (unpaired) electrons. The van der Waals surface area contributed by atoms with Crippen LogP contribution >= 0.6 is 11.3 Å². The molecule has 0 saturated heterocycles. The Bertz CT molecular complexity index is 295. The number of nitrogens with one attached hydrogen (secondary N) is 1. The van der Waals surface area contributed by atoms with Gasteiger partial charge >= 0.3 is 6.16 Å². The number of aryl methyl sites for hydroxylation is 1. The van der Waals surface area contributed by atoms with Crippen LogP contribution in [0.1, 0.15) is 5.56 Å². The Morgan fingerprint density at radius 3 is 2.92 bits per heavy atom. The lowest BCUT2D eigenvalue weighted by Gasteiger charge is -2.01. The summed E-state index contributed by atoms with van der Waals surface area (Å²) in [5, 5.41) is 13.5. The van der Waals surface area contributed by atoms with Gasteiger partial charge in [-0.15, -0.1) is 11.3 Å². The molecule has 0 aliphatic heterocycles. The maximum absolute atomic E-state index is 10.2.